The highest BCUT2D eigenvalue weighted by atomic mass is 35.5. The van der Waals surface area contributed by atoms with Crippen LogP contribution in [-0.4, -0.2) is 35.4 Å². The van der Waals surface area contributed by atoms with Crippen molar-refractivity contribution < 1.29 is 4.79 Å². The second kappa shape index (κ2) is 8.38. The molecular formula is C21H18Cl2N6O. The van der Waals surface area contributed by atoms with Crippen LogP contribution < -0.4 is 0 Å². The first-order chi connectivity index (χ1) is 14.4. The van der Waals surface area contributed by atoms with Crippen molar-refractivity contribution in [2.24, 2.45) is 0 Å². The number of carbonyl (C=O) groups is 1. The van der Waals surface area contributed by atoms with Gasteiger partial charge in [-0.25, -0.2) is 9.50 Å². The molecular weight excluding hydrogens is 423 g/mol. The Morgan fingerprint density at radius 3 is 2.60 bits per heavy atom. The highest BCUT2D eigenvalue weighted by Crippen LogP contribution is 2.24. The lowest BCUT2D eigenvalue weighted by atomic mass is 10.2. The van der Waals surface area contributed by atoms with Gasteiger partial charge in [-0.3, -0.25) is 9.78 Å². The van der Waals surface area contributed by atoms with Gasteiger partial charge in [0.2, 0.25) is 5.82 Å². The number of benzene rings is 1. The molecule has 0 spiro atoms. The number of aromatic nitrogens is 5. The number of pyridine rings is 1. The molecule has 0 aliphatic rings. The van der Waals surface area contributed by atoms with E-state index in [0.717, 1.165) is 22.6 Å². The first-order valence-corrected chi connectivity index (χ1v) is 10.0. The first-order valence-electron chi connectivity index (χ1n) is 9.25. The molecule has 0 bridgehead atoms. The third-order valence-electron chi connectivity index (χ3n) is 4.53. The van der Waals surface area contributed by atoms with Gasteiger partial charge in [0.05, 0.1) is 22.3 Å². The van der Waals surface area contributed by atoms with Crippen LogP contribution in [0.1, 0.15) is 33.3 Å². The number of amides is 1. The number of hydrogen-bond acceptors (Lipinski definition) is 5. The lowest BCUT2D eigenvalue weighted by Gasteiger charge is -2.21. The molecule has 0 aliphatic carbocycles. The van der Waals surface area contributed by atoms with Gasteiger partial charge in [-0.2, -0.15) is 4.98 Å². The number of carbonyl (C=O) groups excluding carboxylic acids is 1. The lowest BCUT2D eigenvalue weighted by molar-refractivity contribution is 0.0715. The van der Waals surface area contributed by atoms with E-state index in [1.165, 1.54) is 0 Å². The molecule has 0 saturated carbocycles. The summed E-state index contributed by atoms with van der Waals surface area (Å²) in [6, 6.07) is 12.7. The number of rotatable bonds is 5. The summed E-state index contributed by atoms with van der Waals surface area (Å²) in [6.45, 7) is 4.36. The Morgan fingerprint density at radius 2 is 1.87 bits per heavy atom. The molecule has 4 rings (SSSR count). The number of halogens is 2. The van der Waals surface area contributed by atoms with E-state index in [9.17, 15) is 4.79 Å². The molecule has 0 radical (unpaired) electrons. The summed E-state index contributed by atoms with van der Waals surface area (Å²) in [7, 11) is 0. The normalized spacial score (nSPS) is 11.1. The Bertz CT molecular complexity index is 1230. The fourth-order valence-electron chi connectivity index (χ4n) is 3.14. The number of hydrogen-bond donors (Lipinski definition) is 0. The number of nitrogens with zero attached hydrogens (tertiary/aromatic N) is 6. The smallest absolute Gasteiger partial charge is 0.294 e. The zero-order chi connectivity index (χ0) is 21.3. The van der Waals surface area contributed by atoms with Crippen molar-refractivity contribution in [3.8, 4) is 0 Å². The van der Waals surface area contributed by atoms with Crippen LogP contribution in [0, 0.1) is 13.8 Å². The zero-order valence-electron chi connectivity index (χ0n) is 16.4. The van der Waals surface area contributed by atoms with Crippen LogP contribution in [0.25, 0.3) is 5.78 Å². The molecule has 0 N–H and O–H groups in total. The Morgan fingerprint density at radius 1 is 1.03 bits per heavy atom. The predicted molar refractivity (Wildman–Crippen MR) is 115 cm³/mol. The predicted octanol–water partition coefficient (Wildman–Crippen LogP) is 4.29. The minimum absolute atomic E-state index is 0.0761. The summed E-state index contributed by atoms with van der Waals surface area (Å²) in [6.07, 6.45) is 1.69. The average Bonchev–Trinajstić information content (AvgIpc) is 3.15. The second-order valence-electron chi connectivity index (χ2n) is 6.92. The average molecular weight is 441 g/mol. The third-order valence-corrected chi connectivity index (χ3v) is 5.27. The monoisotopic (exact) mass is 440 g/mol. The van der Waals surface area contributed by atoms with Crippen molar-refractivity contribution in [3.63, 3.8) is 0 Å². The summed E-state index contributed by atoms with van der Waals surface area (Å²) in [5.74, 6) is 0.143. The van der Waals surface area contributed by atoms with Crippen LogP contribution in [0.3, 0.4) is 0 Å². The van der Waals surface area contributed by atoms with E-state index in [1.54, 1.807) is 27.7 Å². The van der Waals surface area contributed by atoms with Crippen molar-refractivity contribution in [2.45, 2.75) is 26.9 Å². The summed E-state index contributed by atoms with van der Waals surface area (Å²) < 4.78 is 1.57. The molecule has 152 valence electrons. The molecule has 1 aromatic carbocycles. The van der Waals surface area contributed by atoms with Crippen LogP contribution in [0.2, 0.25) is 10.0 Å². The summed E-state index contributed by atoms with van der Waals surface area (Å²) in [4.78, 5) is 28.0. The van der Waals surface area contributed by atoms with Crippen LogP contribution in [0.4, 0.5) is 0 Å². The second-order valence-corrected chi connectivity index (χ2v) is 7.73. The zero-order valence-corrected chi connectivity index (χ0v) is 17.9. The molecule has 3 aromatic heterocycles. The van der Waals surface area contributed by atoms with Gasteiger partial charge in [0.15, 0.2) is 0 Å². The Kier molecular flexibility index (Phi) is 5.65. The standard InChI is InChI=1S/C21H18Cl2N6O/c1-13-9-14(2)29-21(25-13)26-19(27-29)20(30)28(12-16-5-3-4-8-24-16)11-15-6-7-17(22)18(23)10-15/h3-10H,11-12H2,1-2H3. The maximum atomic E-state index is 13.3. The maximum Gasteiger partial charge on any atom is 0.294 e. The molecule has 0 unspecified atom stereocenters. The third kappa shape index (κ3) is 4.27. The molecule has 4 aromatic rings. The largest absolute Gasteiger partial charge is 0.326 e. The van der Waals surface area contributed by atoms with E-state index in [2.05, 4.69) is 20.1 Å². The summed E-state index contributed by atoms with van der Waals surface area (Å²) in [5.41, 5.74) is 3.25. The highest BCUT2D eigenvalue weighted by Gasteiger charge is 2.23. The molecule has 0 saturated heterocycles. The van der Waals surface area contributed by atoms with Crippen LogP contribution >= 0.6 is 23.2 Å². The van der Waals surface area contributed by atoms with Crippen molar-refractivity contribution in [3.05, 3.63) is 87.2 Å². The maximum absolute atomic E-state index is 13.3. The van der Waals surface area contributed by atoms with Gasteiger partial charge in [-0.1, -0.05) is 35.3 Å². The molecule has 1 amide bonds. The Hall–Kier alpha value is -3.03. The quantitative estimate of drug-likeness (QED) is 0.462. The van der Waals surface area contributed by atoms with Crippen LogP contribution in [0.5, 0.6) is 0 Å². The van der Waals surface area contributed by atoms with Gasteiger partial charge in [-0.15, -0.1) is 5.10 Å². The summed E-state index contributed by atoms with van der Waals surface area (Å²) in [5, 5.41) is 5.26. The van der Waals surface area contributed by atoms with Crippen molar-refractivity contribution >= 4 is 34.9 Å². The molecule has 0 aliphatic heterocycles. The molecule has 0 fully saturated rings. The fourth-order valence-corrected chi connectivity index (χ4v) is 3.46. The van der Waals surface area contributed by atoms with Gasteiger partial charge >= 0.3 is 0 Å². The van der Waals surface area contributed by atoms with Crippen molar-refractivity contribution in [1.29, 1.82) is 0 Å². The van der Waals surface area contributed by atoms with E-state index in [-0.39, 0.29) is 11.7 Å². The van der Waals surface area contributed by atoms with Crippen LogP contribution in [0.15, 0.2) is 48.7 Å². The van der Waals surface area contributed by atoms with E-state index in [1.807, 2.05) is 44.2 Å². The molecule has 3 heterocycles. The summed E-state index contributed by atoms with van der Waals surface area (Å²) >= 11 is 12.2. The SMILES string of the molecule is Cc1cc(C)n2nc(C(=O)N(Cc3ccc(Cl)c(Cl)c3)Cc3ccccn3)nc2n1. The Balaban J connectivity index is 1.69. The van der Waals surface area contributed by atoms with E-state index in [0.29, 0.717) is 28.9 Å². The Labute approximate surface area is 183 Å². The van der Waals surface area contributed by atoms with Gasteiger partial charge in [-0.05, 0) is 49.7 Å². The van der Waals surface area contributed by atoms with Crippen LogP contribution in [-0.2, 0) is 13.1 Å². The molecule has 0 atom stereocenters. The van der Waals surface area contributed by atoms with Crippen molar-refractivity contribution in [2.75, 3.05) is 0 Å². The van der Waals surface area contributed by atoms with Gasteiger partial charge in [0.25, 0.3) is 11.7 Å². The number of fused-ring (bicyclic) bond motifs is 1. The lowest BCUT2D eigenvalue weighted by Crippen LogP contribution is -2.31. The van der Waals surface area contributed by atoms with E-state index >= 15 is 0 Å². The minimum Gasteiger partial charge on any atom is -0.326 e. The molecule has 30 heavy (non-hydrogen) atoms. The highest BCUT2D eigenvalue weighted by molar-refractivity contribution is 6.42. The van der Waals surface area contributed by atoms with Gasteiger partial charge < -0.3 is 4.90 Å². The van der Waals surface area contributed by atoms with Gasteiger partial charge in [0.1, 0.15) is 0 Å². The molecule has 7 nitrogen and oxygen atoms in total. The van der Waals surface area contributed by atoms with E-state index < -0.39 is 0 Å². The fraction of sp³-hybridized carbons (Fsp3) is 0.190. The topological polar surface area (TPSA) is 76.3 Å². The minimum atomic E-state index is -0.325. The molecule has 9 heteroatoms. The first kappa shape index (κ1) is 20.3. The van der Waals surface area contributed by atoms with E-state index in [4.69, 9.17) is 23.2 Å². The number of aryl methyl sites for hydroxylation is 2. The van der Waals surface area contributed by atoms with Crippen molar-refractivity contribution in [1.82, 2.24) is 29.5 Å². The van der Waals surface area contributed by atoms with Gasteiger partial charge in [0, 0.05) is 24.1 Å².